The minimum absolute atomic E-state index is 0.292. The maximum absolute atomic E-state index is 11.9. The standard InChI is InChI=1S/C16H26N4O/c1-4-5-16(21)20-8-6-13(7-9-20)19-15-10-14(12(2)3)17-11-18-15/h10-13H,4-9H2,1-3H3,(H,17,18,19). The molecule has 0 radical (unpaired) electrons. The SMILES string of the molecule is CCCC(=O)N1CCC(Nc2cc(C(C)C)ncn2)CC1. The highest BCUT2D eigenvalue weighted by Gasteiger charge is 2.22. The summed E-state index contributed by atoms with van der Waals surface area (Å²) in [5, 5.41) is 3.48. The molecule has 0 saturated carbocycles. The topological polar surface area (TPSA) is 58.1 Å². The first-order valence-corrected chi connectivity index (χ1v) is 7.96. The number of carbonyl (C=O) groups is 1. The van der Waals surface area contributed by atoms with Gasteiger partial charge in [-0.3, -0.25) is 4.79 Å². The monoisotopic (exact) mass is 290 g/mol. The molecular formula is C16H26N4O. The number of nitrogens with one attached hydrogen (secondary N) is 1. The van der Waals surface area contributed by atoms with Gasteiger partial charge >= 0.3 is 0 Å². The predicted octanol–water partition coefficient (Wildman–Crippen LogP) is 2.80. The van der Waals surface area contributed by atoms with Crippen molar-refractivity contribution in [3.63, 3.8) is 0 Å². The average Bonchev–Trinajstić information content (AvgIpc) is 2.48. The molecule has 0 unspecified atom stereocenters. The number of carbonyl (C=O) groups excluding carboxylic acids is 1. The molecule has 21 heavy (non-hydrogen) atoms. The van der Waals surface area contributed by atoms with Gasteiger partial charge in [-0.1, -0.05) is 20.8 Å². The molecule has 1 aromatic rings. The largest absolute Gasteiger partial charge is 0.367 e. The minimum atomic E-state index is 0.292. The van der Waals surface area contributed by atoms with Gasteiger partial charge < -0.3 is 10.2 Å². The van der Waals surface area contributed by atoms with E-state index < -0.39 is 0 Å². The third kappa shape index (κ3) is 4.41. The van der Waals surface area contributed by atoms with Crippen LogP contribution in [0.25, 0.3) is 0 Å². The Labute approximate surface area is 127 Å². The molecule has 5 nitrogen and oxygen atoms in total. The van der Waals surface area contributed by atoms with Gasteiger partial charge in [0.05, 0.1) is 0 Å². The van der Waals surface area contributed by atoms with Crippen LogP contribution in [0.15, 0.2) is 12.4 Å². The third-order valence-corrected chi connectivity index (χ3v) is 3.94. The molecule has 1 aliphatic heterocycles. The highest BCUT2D eigenvalue weighted by molar-refractivity contribution is 5.76. The van der Waals surface area contributed by atoms with Crippen LogP contribution in [0.2, 0.25) is 0 Å². The van der Waals surface area contributed by atoms with Gasteiger partial charge in [-0.2, -0.15) is 0 Å². The van der Waals surface area contributed by atoms with Crippen LogP contribution in [0.3, 0.4) is 0 Å². The van der Waals surface area contributed by atoms with E-state index in [0.717, 1.165) is 43.9 Å². The zero-order valence-corrected chi connectivity index (χ0v) is 13.3. The highest BCUT2D eigenvalue weighted by Crippen LogP contribution is 2.18. The maximum Gasteiger partial charge on any atom is 0.222 e. The van der Waals surface area contributed by atoms with E-state index in [4.69, 9.17) is 0 Å². The second-order valence-corrected chi connectivity index (χ2v) is 6.03. The van der Waals surface area contributed by atoms with Crippen LogP contribution in [-0.2, 0) is 4.79 Å². The van der Waals surface area contributed by atoms with Crippen molar-refractivity contribution < 1.29 is 4.79 Å². The predicted molar refractivity (Wildman–Crippen MR) is 84.3 cm³/mol. The molecule has 5 heteroatoms. The number of hydrogen-bond acceptors (Lipinski definition) is 4. The van der Waals surface area contributed by atoms with E-state index in [0.29, 0.717) is 24.3 Å². The number of nitrogens with zero attached hydrogens (tertiary/aromatic N) is 3. The summed E-state index contributed by atoms with van der Waals surface area (Å²) in [6.45, 7) is 8.00. The molecule has 1 amide bonds. The second-order valence-electron chi connectivity index (χ2n) is 6.03. The van der Waals surface area contributed by atoms with Gasteiger partial charge in [-0.25, -0.2) is 9.97 Å². The second kappa shape index (κ2) is 7.38. The Balaban J connectivity index is 1.86. The van der Waals surface area contributed by atoms with E-state index in [2.05, 4.69) is 29.1 Å². The van der Waals surface area contributed by atoms with E-state index in [1.165, 1.54) is 0 Å². The van der Waals surface area contributed by atoms with Crippen molar-refractivity contribution in [2.45, 2.75) is 58.4 Å². The summed E-state index contributed by atoms with van der Waals surface area (Å²) in [6.07, 6.45) is 5.18. The lowest BCUT2D eigenvalue weighted by Crippen LogP contribution is -2.42. The Hall–Kier alpha value is -1.65. The number of piperidine rings is 1. The van der Waals surface area contributed by atoms with Gasteiger partial charge in [0.2, 0.25) is 5.91 Å². The number of likely N-dealkylation sites (tertiary alicyclic amines) is 1. The van der Waals surface area contributed by atoms with E-state index in [1.807, 2.05) is 17.9 Å². The zero-order chi connectivity index (χ0) is 15.2. The van der Waals surface area contributed by atoms with E-state index in [-0.39, 0.29) is 0 Å². The molecule has 2 heterocycles. The molecule has 0 spiro atoms. The molecule has 0 aromatic carbocycles. The van der Waals surface area contributed by atoms with Gasteiger partial charge in [0.15, 0.2) is 0 Å². The molecule has 1 aromatic heterocycles. The molecule has 0 bridgehead atoms. The molecule has 0 aliphatic carbocycles. The minimum Gasteiger partial charge on any atom is -0.367 e. The van der Waals surface area contributed by atoms with Crippen molar-refractivity contribution >= 4 is 11.7 Å². The normalized spacial score (nSPS) is 16.3. The smallest absolute Gasteiger partial charge is 0.222 e. The summed E-state index contributed by atoms with van der Waals surface area (Å²) in [4.78, 5) is 22.4. The first-order valence-electron chi connectivity index (χ1n) is 7.96. The summed E-state index contributed by atoms with van der Waals surface area (Å²) >= 11 is 0. The van der Waals surface area contributed by atoms with Crippen molar-refractivity contribution in [2.24, 2.45) is 0 Å². The molecule has 0 atom stereocenters. The fourth-order valence-corrected chi connectivity index (χ4v) is 2.62. The quantitative estimate of drug-likeness (QED) is 0.906. The Kier molecular flexibility index (Phi) is 5.53. The molecular weight excluding hydrogens is 264 g/mol. The Morgan fingerprint density at radius 2 is 2.10 bits per heavy atom. The lowest BCUT2D eigenvalue weighted by molar-refractivity contribution is -0.132. The van der Waals surface area contributed by atoms with Crippen LogP contribution in [-0.4, -0.2) is 39.9 Å². The van der Waals surface area contributed by atoms with Gasteiger partial charge in [0.25, 0.3) is 0 Å². The van der Waals surface area contributed by atoms with Crippen molar-refractivity contribution in [1.82, 2.24) is 14.9 Å². The summed E-state index contributed by atoms with van der Waals surface area (Å²) in [7, 11) is 0. The Bertz CT molecular complexity index is 467. The molecule has 1 N–H and O–H groups in total. The fourth-order valence-electron chi connectivity index (χ4n) is 2.62. The molecule has 2 rings (SSSR count). The van der Waals surface area contributed by atoms with Crippen LogP contribution in [0.1, 0.15) is 58.1 Å². The summed E-state index contributed by atoms with van der Waals surface area (Å²) in [5.74, 6) is 1.59. The first kappa shape index (κ1) is 15.7. The van der Waals surface area contributed by atoms with Crippen molar-refractivity contribution in [3.05, 3.63) is 18.1 Å². The number of aromatic nitrogens is 2. The van der Waals surface area contributed by atoms with E-state index in [1.54, 1.807) is 6.33 Å². The Morgan fingerprint density at radius 3 is 2.71 bits per heavy atom. The van der Waals surface area contributed by atoms with Crippen LogP contribution < -0.4 is 5.32 Å². The van der Waals surface area contributed by atoms with Gasteiger partial charge in [0.1, 0.15) is 12.1 Å². The van der Waals surface area contributed by atoms with Crippen LogP contribution in [0.5, 0.6) is 0 Å². The lowest BCUT2D eigenvalue weighted by Gasteiger charge is -2.32. The van der Waals surface area contributed by atoms with Gasteiger partial charge in [-0.15, -0.1) is 0 Å². The number of rotatable bonds is 5. The fraction of sp³-hybridized carbons (Fsp3) is 0.688. The summed E-state index contributed by atoms with van der Waals surface area (Å²) < 4.78 is 0. The number of hydrogen-bond donors (Lipinski definition) is 1. The maximum atomic E-state index is 11.9. The summed E-state index contributed by atoms with van der Waals surface area (Å²) in [5.41, 5.74) is 1.06. The van der Waals surface area contributed by atoms with Gasteiger partial charge in [-0.05, 0) is 25.2 Å². The van der Waals surface area contributed by atoms with Crippen molar-refractivity contribution in [2.75, 3.05) is 18.4 Å². The highest BCUT2D eigenvalue weighted by atomic mass is 16.2. The van der Waals surface area contributed by atoms with Crippen LogP contribution in [0.4, 0.5) is 5.82 Å². The van der Waals surface area contributed by atoms with Gasteiger partial charge in [0, 0.05) is 37.3 Å². The third-order valence-electron chi connectivity index (χ3n) is 3.94. The summed E-state index contributed by atoms with van der Waals surface area (Å²) in [6, 6.07) is 2.42. The molecule has 116 valence electrons. The first-order chi connectivity index (χ1) is 10.1. The number of amides is 1. The number of anilines is 1. The molecule has 1 aliphatic rings. The van der Waals surface area contributed by atoms with E-state index in [9.17, 15) is 4.79 Å². The lowest BCUT2D eigenvalue weighted by atomic mass is 10.0. The van der Waals surface area contributed by atoms with E-state index >= 15 is 0 Å². The van der Waals surface area contributed by atoms with Crippen molar-refractivity contribution in [1.29, 1.82) is 0 Å². The Morgan fingerprint density at radius 1 is 1.38 bits per heavy atom. The molecule has 1 saturated heterocycles. The zero-order valence-electron chi connectivity index (χ0n) is 13.3. The molecule has 1 fully saturated rings. The van der Waals surface area contributed by atoms with Crippen LogP contribution in [0, 0.1) is 0 Å². The average molecular weight is 290 g/mol. The van der Waals surface area contributed by atoms with Crippen LogP contribution >= 0.6 is 0 Å². The van der Waals surface area contributed by atoms with Crippen molar-refractivity contribution in [3.8, 4) is 0 Å².